The first-order valence-electron chi connectivity index (χ1n) is 10.7. The number of hydrogen-bond acceptors (Lipinski definition) is 5. The van der Waals surface area contributed by atoms with Gasteiger partial charge in [-0.1, -0.05) is 18.6 Å². The smallest absolute Gasteiger partial charge is 0.255 e. The number of benzene rings is 2. The summed E-state index contributed by atoms with van der Waals surface area (Å²) in [4.78, 5) is 12.9. The number of anilines is 1. The van der Waals surface area contributed by atoms with E-state index in [4.69, 9.17) is 9.47 Å². The van der Waals surface area contributed by atoms with Crippen LogP contribution in [0.15, 0.2) is 42.5 Å². The van der Waals surface area contributed by atoms with Crippen LogP contribution < -0.4 is 14.8 Å². The molecule has 7 heteroatoms. The van der Waals surface area contributed by atoms with Crippen molar-refractivity contribution in [3.63, 3.8) is 0 Å². The SMILES string of the molecule is COc1cc(C(=O)Nc2cccc(-c3nnc4n3CCCCC4)c2)ccc1OC(C)C. The Morgan fingerprint density at radius 1 is 1.06 bits per heavy atom. The number of aromatic nitrogens is 3. The molecule has 0 unspecified atom stereocenters. The zero-order valence-corrected chi connectivity index (χ0v) is 18.2. The molecule has 0 saturated heterocycles. The molecule has 0 atom stereocenters. The number of nitrogens with one attached hydrogen (secondary N) is 1. The second-order valence-electron chi connectivity index (χ2n) is 7.97. The maximum Gasteiger partial charge on any atom is 0.255 e. The molecule has 1 aliphatic rings. The summed E-state index contributed by atoms with van der Waals surface area (Å²) < 4.78 is 13.3. The number of rotatable bonds is 6. The van der Waals surface area contributed by atoms with Gasteiger partial charge in [0.1, 0.15) is 5.82 Å². The Hall–Kier alpha value is -3.35. The monoisotopic (exact) mass is 420 g/mol. The molecule has 0 saturated carbocycles. The second kappa shape index (κ2) is 9.20. The van der Waals surface area contributed by atoms with Crippen LogP contribution in [0.3, 0.4) is 0 Å². The van der Waals surface area contributed by atoms with Crippen molar-refractivity contribution in [2.75, 3.05) is 12.4 Å². The Kier molecular flexibility index (Phi) is 6.21. The van der Waals surface area contributed by atoms with Crippen LogP contribution in [-0.2, 0) is 13.0 Å². The van der Waals surface area contributed by atoms with E-state index < -0.39 is 0 Å². The van der Waals surface area contributed by atoms with Gasteiger partial charge in [0.25, 0.3) is 5.91 Å². The van der Waals surface area contributed by atoms with Crippen LogP contribution in [0.25, 0.3) is 11.4 Å². The molecule has 0 bridgehead atoms. The number of methoxy groups -OCH3 is 1. The topological polar surface area (TPSA) is 78.3 Å². The van der Waals surface area contributed by atoms with E-state index in [0.29, 0.717) is 22.7 Å². The summed E-state index contributed by atoms with van der Waals surface area (Å²) in [6.07, 6.45) is 4.47. The van der Waals surface area contributed by atoms with Crippen LogP contribution >= 0.6 is 0 Å². The van der Waals surface area contributed by atoms with E-state index >= 15 is 0 Å². The minimum absolute atomic E-state index is 0.0171. The van der Waals surface area contributed by atoms with Gasteiger partial charge >= 0.3 is 0 Å². The lowest BCUT2D eigenvalue weighted by Gasteiger charge is -2.14. The van der Waals surface area contributed by atoms with Crippen LogP contribution in [0, 0.1) is 0 Å². The lowest BCUT2D eigenvalue weighted by Crippen LogP contribution is -2.13. The number of fused-ring (bicyclic) bond motifs is 1. The molecule has 1 aromatic heterocycles. The van der Waals surface area contributed by atoms with Crippen molar-refractivity contribution in [2.45, 2.75) is 52.2 Å². The lowest BCUT2D eigenvalue weighted by molar-refractivity contribution is 0.102. The van der Waals surface area contributed by atoms with Crippen molar-refractivity contribution in [2.24, 2.45) is 0 Å². The number of carbonyl (C=O) groups excluding carboxylic acids is 1. The molecule has 0 fully saturated rings. The van der Waals surface area contributed by atoms with Crippen molar-refractivity contribution in [1.82, 2.24) is 14.8 Å². The normalized spacial score (nSPS) is 13.4. The largest absolute Gasteiger partial charge is 0.493 e. The second-order valence-corrected chi connectivity index (χ2v) is 7.97. The molecule has 1 N–H and O–H groups in total. The first-order chi connectivity index (χ1) is 15.0. The number of hydrogen-bond donors (Lipinski definition) is 1. The molecule has 162 valence electrons. The van der Waals surface area contributed by atoms with Crippen molar-refractivity contribution in [3.05, 3.63) is 53.9 Å². The molecule has 2 heterocycles. The molecule has 2 aromatic carbocycles. The Morgan fingerprint density at radius 3 is 2.74 bits per heavy atom. The molecule has 0 radical (unpaired) electrons. The van der Waals surface area contributed by atoms with Crippen molar-refractivity contribution in [3.8, 4) is 22.9 Å². The first-order valence-corrected chi connectivity index (χ1v) is 10.7. The first kappa shape index (κ1) is 20.9. The molecule has 1 amide bonds. The van der Waals surface area contributed by atoms with E-state index in [1.54, 1.807) is 25.3 Å². The van der Waals surface area contributed by atoms with Gasteiger partial charge in [0, 0.05) is 29.8 Å². The predicted octanol–water partition coefficient (Wildman–Crippen LogP) is 4.72. The van der Waals surface area contributed by atoms with Gasteiger partial charge < -0.3 is 19.4 Å². The van der Waals surface area contributed by atoms with E-state index in [9.17, 15) is 4.79 Å². The highest BCUT2D eigenvalue weighted by atomic mass is 16.5. The van der Waals surface area contributed by atoms with Crippen LogP contribution in [0.5, 0.6) is 11.5 Å². The summed E-state index contributed by atoms with van der Waals surface area (Å²) in [6.45, 7) is 4.82. The number of amides is 1. The average Bonchev–Trinajstić information content (AvgIpc) is 3.02. The Balaban J connectivity index is 1.54. The van der Waals surface area contributed by atoms with Crippen molar-refractivity contribution < 1.29 is 14.3 Å². The van der Waals surface area contributed by atoms with E-state index in [1.165, 1.54) is 6.42 Å². The maximum absolute atomic E-state index is 12.9. The molecular weight excluding hydrogens is 392 g/mol. The van der Waals surface area contributed by atoms with Crippen molar-refractivity contribution in [1.29, 1.82) is 0 Å². The van der Waals surface area contributed by atoms with Gasteiger partial charge in [-0.3, -0.25) is 4.79 Å². The average molecular weight is 421 g/mol. The molecule has 0 aliphatic carbocycles. The van der Waals surface area contributed by atoms with Crippen molar-refractivity contribution >= 4 is 11.6 Å². The zero-order chi connectivity index (χ0) is 21.8. The van der Waals surface area contributed by atoms with Gasteiger partial charge in [-0.05, 0) is 57.0 Å². The third-order valence-electron chi connectivity index (χ3n) is 5.28. The van der Waals surface area contributed by atoms with Gasteiger partial charge in [0.05, 0.1) is 13.2 Å². The van der Waals surface area contributed by atoms with E-state index in [2.05, 4.69) is 20.1 Å². The zero-order valence-electron chi connectivity index (χ0n) is 18.2. The number of carbonyl (C=O) groups is 1. The third kappa shape index (κ3) is 4.71. The standard InChI is InChI=1S/C24H28N4O3/c1-16(2)31-20-12-11-18(15-21(20)30-3)24(29)25-19-9-7-8-17(14-19)23-27-26-22-10-5-4-6-13-28(22)23/h7-9,11-12,14-16H,4-6,10,13H2,1-3H3,(H,25,29). The van der Waals surface area contributed by atoms with Gasteiger partial charge in [0.2, 0.25) is 0 Å². The highest BCUT2D eigenvalue weighted by Gasteiger charge is 2.17. The molecule has 4 rings (SSSR count). The fraction of sp³-hybridized carbons (Fsp3) is 0.375. The summed E-state index contributed by atoms with van der Waals surface area (Å²) in [6, 6.07) is 12.9. The van der Waals surface area contributed by atoms with Gasteiger partial charge in [-0.15, -0.1) is 10.2 Å². The maximum atomic E-state index is 12.9. The van der Waals surface area contributed by atoms with Crippen LogP contribution in [0.4, 0.5) is 5.69 Å². The quantitative estimate of drug-likeness (QED) is 0.624. The van der Waals surface area contributed by atoms with Crippen LogP contribution in [-0.4, -0.2) is 33.9 Å². The summed E-state index contributed by atoms with van der Waals surface area (Å²) in [5, 5.41) is 11.8. The lowest BCUT2D eigenvalue weighted by atomic mass is 10.1. The predicted molar refractivity (Wildman–Crippen MR) is 120 cm³/mol. The number of ether oxygens (including phenoxy) is 2. The summed E-state index contributed by atoms with van der Waals surface area (Å²) in [7, 11) is 1.56. The molecule has 1 aliphatic heterocycles. The van der Waals surface area contributed by atoms with Gasteiger partial charge in [0.15, 0.2) is 17.3 Å². The van der Waals surface area contributed by atoms with E-state index in [0.717, 1.165) is 43.0 Å². The van der Waals surface area contributed by atoms with Crippen LogP contribution in [0.1, 0.15) is 49.3 Å². The Labute approximate surface area is 182 Å². The third-order valence-corrected chi connectivity index (χ3v) is 5.28. The fourth-order valence-electron chi connectivity index (χ4n) is 3.80. The number of aryl methyl sites for hydroxylation is 1. The molecular formula is C24H28N4O3. The fourth-order valence-corrected chi connectivity index (χ4v) is 3.80. The highest BCUT2D eigenvalue weighted by Crippen LogP contribution is 2.30. The minimum atomic E-state index is -0.216. The van der Waals surface area contributed by atoms with Crippen LogP contribution in [0.2, 0.25) is 0 Å². The highest BCUT2D eigenvalue weighted by molar-refractivity contribution is 6.04. The summed E-state index contributed by atoms with van der Waals surface area (Å²) >= 11 is 0. The minimum Gasteiger partial charge on any atom is -0.493 e. The van der Waals surface area contributed by atoms with Gasteiger partial charge in [-0.25, -0.2) is 0 Å². The van der Waals surface area contributed by atoms with E-state index in [1.807, 2.05) is 38.1 Å². The van der Waals surface area contributed by atoms with E-state index in [-0.39, 0.29) is 12.0 Å². The molecule has 3 aromatic rings. The number of nitrogens with zero attached hydrogens (tertiary/aromatic N) is 3. The molecule has 7 nitrogen and oxygen atoms in total. The Morgan fingerprint density at radius 2 is 1.94 bits per heavy atom. The molecule has 31 heavy (non-hydrogen) atoms. The Bertz CT molecular complexity index is 1070. The summed E-state index contributed by atoms with van der Waals surface area (Å²) in [5.41, 5.74) is 2.14. The summed E-state index contributed by atoms with van der Waals surface area (Å²) in [5.74, 6) is 2.82. The molecule has 0 spiro atoms. The van der Waals surface area contributed by atoms with Gasteiger partial charge in [-0.2, -0.15) is 0 Å².